The number of nitrogens with one attached hydrogen (secondary N) is 2. The fourth-order valence-electron chi connectivity index (χ4n) is 3.79. The van der Waals surface area contributed by atoms with E-state index in [4.69, 9.17) is 11.6 Å². The van der Waals surface area contributed by atoms with Crippen LogP contribution in [0.4, 0.5) is 0 Å². The first kappa shape index (κ1) is 21.6. The normalized spacial score (nSPS) is 16.6. The van der Waals surface area contributed by atoms with Crippen LogP contribution < -0.4 is 10.6 Å². The molecule has 0 radical (unpaired) electrons. The molecule has 0 bridgehead atoms. The van der Waals surface area contributed by atoms with Gasteiger partial charge in [0.2, 0.25) is 5.91 Å². The predicted octanol–water partition coefficient (Wildman–Crippen LogP) is 4.99. The summed E-state index contributed by atoms with van der Waals surface area (Å²) in [7, 11) is 0. The number of ketones is 1. The van der Waals surface area contributed by atoms with Gasteiger partial charge in [-0.05, 0) is 44.0 Å². The van der Waals surface area contributed by atoms with Crippen molar-refractivity contribution in [2.75, 3.05) is 6.54 Å². The second-order valence-electron chi connectivity index (χ2n) is 7.27. The second-order valence-corrected chi connectivity index (χ2v) is 7.71. The van der Waals surface area contributed by atoms with E-state index in [2.05, 4.69) is 10.6 Å². The molecule has 1 heterocycles. The van der Waals surface area contributed by atoms with E-state index >= 15 is 0 Å². The first-order chi connectivity index (χ1) is 14.4. The molecule has 30 heavy (non-hydrogen) atoms. The minimum absolute atomic E-state index is 0.0771. The topological polar surface area (TPSA) is 58.2 Å². The van der Waals surface area contributed by atoms with Crippen molar-refractivity contribution in [3.05, 3.63) is 99.4 Å². The van der Waals surface area contributed by atoms with E-state index in [1.807, 2.05) is 74.5 Å². The van der Waals surface area contributed by atoms with Gasteiger partial charge in [-0.15, -0.1) is 0 Å². The molecule has 3 rings (SSSR count). The Morgan fingerprint density at radius 1 is 1.03 bits per heavy atom. The van der Waals surface area contributed by atoms with Crippen molar-refractivity contribution in [3.63, 3.8) is 0 Å². The third kappa shape index (κ3) is 4.89. The maximum Gasteiger partial charge on any atom is 0.250 e. The second kappa shape index (κ2) is 9.59. The van der Waals surface area contributed by atoms with Crippen LogP contribution in [0.5, 0.6) is 0 Å². The number of dihydropyridines is 1. The molecule has 2 aromatic carbocycles. The molecule has 154 valence electrons. The average Bonchev–Trinajstić information content (AvgIpc) is 2.71. The minimum atomic E-state index is -0.472. The van der Waals surface area contributed by atoms with Gasteiger partial charge in [0.1, 0.15) is 0 Å². The minimum Gasteiger partial charge on any atom is -0.362 e. The van der Waals surface area contributed by atoms with Crippen LogP contribution in [0.25, 0.3) is 6.08 Å². The van der Waals surface area contributed by atoms with Crippen LogP contribution in [0.15, 0.2) is 83.2 Å². The van der Waals surface area contributed by atoms with Gasteiger partial charge in [0.05, 0.1) is 0 Å². The number of hydrogen-bond acceptors (Lipinski definition) is 3. The molecular formula is C25H25ClN2O2. The molecule has 2 N–H and O–H groups in total. The number of amides is 1. The molecule has 0 fully saturated rings. The number of Topliss-reactive ketones (excluding diaryl/α,β-unsaturated/α-hetero) is 1. The van der Waals surface area contributed by atoms with E-state index in [0.717, 1.165) is 22.5 Å². The van der Waals surface area contributed by atoms with E-state index < -0.39 is 5.92 Å². The average molecular weight is 421 g/mol. The SMILES string of the molecule is CC(=O)C1=C(C)NC(C)=C(C(=O)NCC=Cc2ccccc2)C1c1cccc(Cl)c1. The molecule has 0 spiro atoms. The molecule has 1 amide bonds. The molecule has 1 unspecified atom stereocenters. The highest BCUT2D eigenvalue weighted by molar-refractivity contribution is 6.30. The monoisotopic (exact) mass is 420 g/mol. The fourth-order valence-corrected chi connectivity index (χ4v) is 3.99. The van der Waals surface area contributed by atoms with Crippen molar-refractivity contribution in [1.82, 2.24) is 10.6 Å². The zero-order valence-corrected chi connectivity index (χ0v) is 18.1. The zero-order chi connectivity index (χ0) is 21.7. The Morgan fingerprint density at radius 3 is 2.40 bits per heavy atom. The number of halogens is 1. The summed E-state index contributed by atoms with van der Waals surface area (Å²) in [5, 5.41) is 6.71. The van der Waals surface area contributed by atoms with Crippen molar-refractivity contribution in [3.8, 4) is 0 Å². The number of carbonyl (C=O) groups is 2. The van der Waals surface area contributed by atoms with Crippen LogP contribution in [0.1, 0.15) is 37.8 Å². The van der Waals surface area contributed by atoms with Gasteiger partial charge in [-0.2, -0.15) is 0 Å². The summed E-state index contributed by atoms with van der Waals surface area (Å²) in [6.45, 7) is 5.61. The highest BCUT2D eigenvalue weighted by Crippen LogP contribution is 2.39. The molecule has 4 nitrogen and oxygen atoms in total. The first-order valence-corrected chi connectivity index (χ1v) is 10.2. The summed E-state index contributed by atoms with van der Waals surface area (Å²) in [5.74, 6) is -0.763. The molecular weight excluding hydrogens is 396 g/mol. The van der Waals surface area contributed by atoms with Crippen molar-refractivity contribution in [1.29, 1.82) is 0 Å². The standard InChI is InChI=1S/C25H25ClN2O2/c1-16-22(18(3)29)24(20-12-7-13-21(26)15-20)23(17(2)28-16)25(30)27-14-8-11-19-9-5-4-6-10-19/h4-13,15,24,28H,14H2,1-3H3,(H,27,30). The summed E-state index contributed by atoms with van der Waals surface area (Å²) in [6, 6.07) is 17.2. The molecule has 1 aliphatic rings. The van der Waals surface area contributed by atoms with Gasteiger partial charge in [-0.25, -0.2) is 0 Å². The highest BCUT2D eigenvalue weighted by atomic mass is 35.5. The van der Waals surface area contributed by atoms with Crippen molar-refractivity contribution in [2.24, 2.45) is 0 Å². The third-order valence-corrected chi connectivity index (χ3v) is 5.29. The lowest BCUT2D eigenvalue weighted by Gasteiger charge is -2.31. The maximum atomic E-state index is 13.2. The predicted molar refractivity (Wildman–Crippen MR) is 122 cm³/mol. The van der Waals surface area contributed by atoms with Gasteiger partial charge in [-0.3, -0.25) is 9.59 Å². The Hall–Kier alpha value is -3.11. The van der Waals surface area contributed by atoms with Crippen LogP contribution in [-0.2, 0) is 9.59 Å². The number of rotatable bonds is 6. The molecule has 0 saturated heterocycles. The largest absolute Gasteiger partial charge is 0.362 e. The summed E-state index contributed by atoms with van der Waals surface area (Å²) in [6.07, 6.45) is 3.86. The molecule has 0 aliphatic carbocycles. The van der Waals surface area contributed by atoms with Crippen LogP contribution in [0.3, 0.4) is 0 Å². The fraction of sp³-hybridized carbons (Fsp3) is 0.200. The lowest BCUT2D eigenvalue weighted by Crippen LogP contribution is -2.35. The Morgan fingerprint density at radius 2 is 1.73 bits per heavy atom. The first-order valence-electron chi connectivity index (χ1n) is 9.83. The number of carbonyl (C=O) groups excluding carboxylic acids is 2. The van der Waals surface area contributed by atoms with Gasteiger partial charge in [-0.1, -0.05) is 66.2 Å². The summed E-state index contributed by atoms with van der Waals surface area (Å²) in [4.78, 5) is 25.6. The third-order valence-electron chi connectivity index (χ3n) is 5.06. The molecule has 1 atom stereocenters. The Bertz CT molecular complexity index is 1050. The van der Waals surface area contributed by atoms with Gasteiger partial charge in [0.15, 0.2) is 5.78 Å². The summed E-state index contributed by atoms with van der Waals surface area (Å²) >= 11 is 6.21. The van der Waals surface area contributed by atoms with Crippen molar-refractivity contribution in [2.45, 2.75) is 26.7 Å². The van der Waals surface area contributed by atoms with E-state index in [9.17, 15) is 9.59 Å². The molecule has 1 aliphatic heterocycles. The zero-order valence-electron chi connectivity index (χ0n) is 17.3. The Labute approximate surface area is 182 Å². The van der Waals surface area contributed by atoms with Gasteiger partial charge < -0.3 is 10.6 Å². The van der Waals surface area contributed by atoms with E-state index in [0.29, 0.717) is 22.7 Å². The van der Waals surface area contributed by atoms with Crippen LogP contribution in [0, 0.1) is 0 Å². The van der Waals surface area contributed by atoms with Crippen molar-refractivity contribution >= 4 is 29.4 Å². The quantitative estimate of drug-likeness (QED) is 0.691. The maximum absolute atomic E-state index is 13.2. The number of hydrogen-bond donors (Lipinski definition) is 2. The molecule has 2 aromatic rings. The Balaban J connectivity index is 1.88. The van der Waals surface area contributed by atoms with Crippen molar-refractivity contribution < 1.29 is 9.59 Å². The number of benzene rings is 2. The van der Waals surface area contributed by atoms with Crippen LogP contribution in [0.2, 0.25) is 5.02 Å². The molecule has 0 saturated carbocycles. The lowest BCUT2D eigenvalue weighted by molar-refractivity contribution is -0.117. The Kier molecular flexibility index (Phi) is 6.91. The smallest absolute Gasteiger partial charge is 0.250 e. The lowest BCUT2D eigenvalue weighted by atomic mass is 9.78. The van der Waals surface area contributed by atoms with Gasteiger partial charge in [0, 0.05) is 40.0 Å². The van der Waals surface area contributed by atoms with Gasteiger partial charge in [0.25, 0.3) is 0 Å². The van der Waals surface area contributed by atoms with E-state index in [1.165, 1.54) is 6.92 Å². The summed E-state index contributed by atoms with van der Waals surface area (Å²) in [5.41, 5.74) is 4.47. The highest BCUT2D eigenvalue weighted by Gasteiger charge is 2.34. The van der Waals surface area contributed by atoms with Crippen LogP contribution >= 0.6 is 11.6 Å². The summed E-state index contributed by atoms with van der Waals surface area (Å²) < 4.78 is 0. The number of allylic oxidation sites excluding steroid dienone is 3. The molecule has 5 heteroatoms. The molecule has 0 aromatic heterocycles. The van der Waals surface area contributed by atoms with Gasteiger partial charge >= 0.3 is 0 Å². The van der Waals surface area contributed by atoms with E-state index in [1.54, 1.807) is 6.07 Å². The van der Waals surface area contributed by atoms with Crippen LogP contribution in [-0.4, -0.2) is 18.2 Å². The van der Waals surface area contributed by atoms with E-state index in [-0.39, 0.29) is 11.7 Å².